The van der Waals surface area contributed by atoms with Gasteiger partial charge in [0.05, 0.1) is 49.0 Å². The number of benzene rings is 1. The quantitative estimate of drug-likeness (QED) is 0.383. The van der Waals surface area contributed by atoms with Gasteiger partial charge in [-0.2, -0.15) is 0 Å². The molecular formula is C32H37BrN6O6. The summed E-state index contributed by atoms with van der Waals surface area (Å²) in [6, 6.07) is 9.86. The average Bonchev–Trinajstić information content (AvgIpc) is 3.05. The molecule has 0 bridgehead atoms. The molecule has 0 aliphatic carbocycles. The Hall–Kier alpha value is -4.10. The minimum Gasteiger partial charge on any atom is -0.489 e. The second-order valence-corrected chi connectivity index (χ2v) is 12.7. The molecule has 2 saturated heterocycles. The van der Waals surface area contributed by atoms with Crippen LogP contribution >= 0.6 is 15.9 Å². The standard InChI is InChI=1S/C32H37BrN6O6/c1-19-16-37(9-10-38(19)22-5-6-29(34-15-22)35-26-11-20(33)17-36(2)30(26)40)21-7-8-39-23(12-21)18-45-28-14-25(32(42)44-4)24(13-27(28)39)31(41)43-3/h5-6,11,13-15,17,19,21,23H,7-10,12,16,18H2,1-4H3,(H,34,35)/t19-,21+,23+/m0/s1. The van der Waals surface area contributed by atoms with Crippen LogP contribution in [0.2, 0.25) is 0 Å². The molecule has 6 rings (SSSR count). The number of aromatic nitrogens is 2. The number of anilines is 4. The van der Waals surface area contributed by atoms with Crippen LogP contribution in [0.3, 0.4) is 0 Å². The maximum Gasteiger partial charge on any atom is 0.338 e. The zero-order chi connectivity index (χ0) is 31.8. The van der Waals surface area contributed by atoms with Gasteiger partial charge in [0.1, 0.15) is 23.9 Å². The normalized spacial score (nSPS) is 21.3. The number of piperidine rings is 1. The lowest BCUT2D eigenvalue weighted by Gasteiger charge is -2.50. The Labute approximate surface area is 270 Å². The summed E-state index contributed by atoms with van der Waals surface area (Å²) in [6.07, 6.45) is 5.50. The van der Waals surface area contributed by atoms with Crippen LogP contribution in [0, 0.1) is 0 Å². The average molecular weight is 682 g/mol. The topological polar surface area (TPSA) is 118 Å². The molecule has 1 aromatic carbocycles. The third kappa shape index (κ3) is 6.10. The second kappa shape index (κ2) is 12.7. The van der Waals surface area contributed by atoms with Gasteiger partial charge in [-0.15, -0.1) is 0 Å². The fourth-order valence-corrected chi connectivity index (χ4v) is 7.25. The van der Waals surface area contributed by atoms with Crippen molar-refractivity contribution in [3.05, 3.63) is 68.7 Å². The van der Waals surface area contributed by atoms with Gasteiger partial charge in [-0.05, 0) is 66.0 Å². The predicted octanol–water partition coefficient (Wildman–Crippen LogP) is 3.80. The van der Waals surface area contributed by atoms with Crippen LogP contribution in [0.15, 0.2) is 52.0 Å². The Balaban J connectivity index is 1.09. The number of aryl methyl sites for hydroxylation is 1. The number of carbonyl (C=O) groups excluding carboxylic acids is 2. The molecule has 3 atom stereocenters. The number of methoxy groups -OCH3 is 2. The predicted molar refractivity (Wildman–Crippen MR) is 174 cm³/mol. The van der Waals surface area contributed by atoms with Crippen LogP contribution in [-0.4, -0.2) is 91.5 Å². The highest BCUT2D eigenvalue weighted by molar-refractivity contribution is 9.10. The molecule has 0 unspecified atom stereocenters. The summed E-state index contributed by atoms with van der Waals surface area (Å²) in [5.74, 6) is 0.00258. The van der Waals surface area contributed by atoms with E-state index < -0.39 is 11.9 Å². The first-order valence-electron chi connectivity index (χ1n) is 15.0. The monoisotopic (exact) mass is 680 g/mol. The molecule has 13 heteroatoms. The third-order valence-corrected chi connectivity index (χ3v) is 9.44. The van der Waals surface area contributed by atoms with E-state index in [0.29, 0.717) is 29.9 Å². The van der Waals surface area contributed by atoms with E-state index in [1.54, 1.807) is 31.4 Å². The Kier molecular flexibility index (Phi) is 8.74. The fraction of sp³-hybridized carbons (Fsp3) is 0.438. The fourth-order valence-electron chi connectivity index (χ4n) is 6.72. The smallest absolute Gasteiger partial charge is 0.338 e. The van der Waals surface area contributed by atoms with Crippen molar-refractivity contribution >= 4 is 50.7 Å². The van der Waals surface area contributed by atoms with Gasteiger partial charge in [-0.1, -0.05) is 0 Å². The molecule has 3 aliphatic rings. The van der Waals surface area contributed by atoms with Gasteiger partial charge in [-0.3, -0.25) is 9.69 Å². The molecule has 3 aromatic rings. The van der Waals surface area contributed by atoms with Crippen molar-refractivity contribution in [1.82, 2.24) is 14.5 Å². The summed E-state index contributed by atoms with van der Waals surface area (Å²) in [7, 11) is 4.30. The first-order valence-corrected chi connectivity index (χ1v) is 15.8. The van der Waals surface area contributed by atoms with Gasteiger partial charge in [0, 0.05) is 56.0 Å². The van der Waals surface area contributed by atoms with E-state index in [0.717, 1.165) is 54.9 Å². The van der Waals surface area contributed by atoms with Crippen molar-refractivity contribution in [2.24, 2.45) is 7.05 Å². The maximum absolute atomic E-state index is 12.5. The zero-order valence-electron chi connectivity index (χ0n) is 25.8. The van der Waals surface area contributed by atoms with Gasteiger partial charge >= 0.3 is 11.9 Å². The van der Waals surface area contributed by atoms with Gasteiger partial charge in [0.15, 0.2) is 0 Å². The molecule has 3 aliphatic heterocycles. The Morgan fingerprint density at radius 1 is 1.02 bits per heavy atom. The molecule has 0 radical (unpaired) electrons. The summed E-state index contributed by atoms with van der Waals surface area (Å²) in [6.45, 7) is 6.31. The maximum atomic E-state index is 12.5. The van der Waals surface area contributed by atoms with Gasteiger partial charge in [0.2, 0.25) is 0 Å². The van der Waals surface area contributed by atoms with Crippen molar-refractivity contribution in [3.63, 3.8) is 0 Å². The van der Waals surface area contributed by atoms with E-state index in [1.807, 2.05) is 18.3 Å². The molecular weight excluding hydrogens is 644 g/mol. The first-order chi connectivity index (χ1) is 21.7. The third-order valence-electron chi connectivity index (χ3n) is 9.01. The molecule has 0 saturated carbocycles. The number of piperazine rings is 1. The highest BCUT2D eigenvalue weighted by atomic mass is 79.9. The molecule has 0 amide bonds. The van der Waals surface area contributed by atoms with Gasteiger partial charge < -0.3 is 33.9 Å². The molecule has 12 nitrogen and oxygen atoms in total. The van der Waals surface area contributed by atoms with Crippen LogP contribution in [0.4, 0.5) is 22.9 Å². The summed E-state index contributed by atoms with van der Waals surface area (Å²) in [4.78, 5) is 49.2. The number of ether oxygens (including phenoxy) is 3. The van der Waals surface area contributed by atoms with E-state index in [-0.39, 0.29) is 28.8 Å². The number of halogens is 1. The Bertz CT molecular complexity index is 1660. The Morgan fingerprint density at radius 2 is 1.78 bits per heavy atom. The minimum absolute atomic E-state index is 0.123. The number of fused-ring (bicyclic) bond motifs is 3. The van der Waals surface area contributed by atoms with Crippen LogP contribution < -0.4 is 25.4 Å². The molecule has 1 N–H and O–H groups in total. The summed E-state index contributed by atoms with van der Waals surface area (Å²) in [5, 5.41) is 3.14. The highest BCUT2D eigenvalue weighted by Gasteiger charge is 2.39. The highest BCUT2D eigenvalue weighted by Crippen LogP contribution is 2.40. The molecule has 5 heterocycles. The summed E-state index contributed by atoms with van der Waals surface area (Å²) >= 11 is 3.44. The summed E-state index contributed by atoms with van der Waals surface area (Å²) in [5.41, 5.74) is 2.51. The first kappa shape index (κ1) is 30.9. The van der Waals surface area contributed by atoms with Crippen LogP contribution in [0.1, 0.15) is 40.5 Å². The number of hydrogen-bond donors (Lipinski definition) is 1. The number of rotatable bonds is 6. The van der Waals surface area contributed by atoms with E-state index in [1.165, 1.54) is 18.8 Å². The van der Waals surface area contributed by atoms with Crippen molar-refractivity contribution < 1.29 is 23.8 Å². The van der Waals surface area contributed by atoms with E-state index in [2.05, 4.69) is 47.9 Å². The zero-order valence-corrected chi connectivity index (χ0v) is 27.4. The van der Waals surface area contributed by atoms with Gasteiger partial charge in [-0.25, -0.2) is 14.6 Å². The number of carbonyl (C=O) groups is 2. The molecule has 0 spiro atoms. The number of hydrogen-bond acceptors (Lipinski definition) is 11. The molecule has 238 valence electrons. The van der Waals surface area contributed by atoms with Gasteiger partial charge in [0.25, 0.3) is 5.56 Å². The van der Waals surface area contributed by atoms with E-state index in [4.69, 9.17) is 14.2 Å². The second-order valence-electron chi connectivity index (χ2n) is 11.7. The largest absolute Gasteiger partial charge is 0.489 e. The number of nitrogens with zero attached hydrogens (tertiary/aromatic N) is 5. The van der Waals surface area contributed by atoms with Crippen molar-refractivity contribution in [2.75, 3.05) is 62.1 Å². The SMILES string of the molecule is COC(=O)c1cc2c(cc1C(=O)OC)N1CC[C@@H](N3CCN(c4ccc(Nc5cc(Br)cn(C)c5=O)nc4)[C@@H](C)C3)C[C@@H]1CO2. The lowest BCUT2D eigenvalue weighted by atomic mass is 9.92. The minimum atomic E-state index is -0.605. The molecule has 2 aromatic heterocycles. The van der Waals surface area contributed by atoms with Crippen molar-refractivity contribution in [2.45, 2.75) is 37.9 Å². The van der Waals surface area contributed by atoms with E-state index in [9.17, 15) is 14.4 Å². The van der Waals surface area contributed by atoms with Crippen LogP contribution in [0.25, 0.3) is 0 Å². The lowest BCUT2D eigenvalue weighted by Crippen LogP contribution is -2.59. The van der Waals surface area contributed by atoms with E-state index >= 15 is 0 Å². The molecule has 45 heavy (non-hydrogen) atoms. The Morgan fingerprint density at radius 3 is 2.47 bits per heavy atom. The number of pyridine rings is 2. The molecule has 2 fully saturated rings. The van der Waals surface area contributed by atoms with Crippen LogP contribution in [0.5, 0.6) is 5.75 Å². The van der Waals surface area contributed by atoms with Crippen LogP contribution in [-0.2, 0) is 16.5 Å². The number of esters is 2. The lowest BCUT2D eigenvalue weighted by molar-refractivity contribution is 0.0554. The summed E-state index contributed by atoms with van der Waals surface area (Å²) < 4.78 is 18.3. The van der Waals surface area contributed by atoms with Crippen molar-refractivity contribution in [3.8, 4) is 5.75 Å². The van der Waals surface area contributed by atoms with Crippen molar-refractivity contribution in [1.29, 1.82) is 0 Å². The number of nitrogens with one attached hydrogen (secondary N) is 1.